The van der Waals surface area contributed by atoms with E-state index in [1.807, 2.05) is 36.9 Å². The van der Waals surface area contributed by atoms with Crippen LogP contribution in [0.4, 0.5) is 5.82 Å². The second-order valence-electron chi connectivity index (χ2n) is 9.71. The topological polar surface area (TPSA) is 132 Å². The largest absolute Gasteiger partial charge is 0.493 e. The Morgan fingerprint density at radius 3 is 2.54 bits per heavy atom. The first kappa shape index (κ1) is 28.3. The van der Waals surface area contributed by atoms with Gasteiger partial charge in [0.1, 0.15) is 12.1 Å². The molecule has 0 spiro atoms. The predicted octanol–water partition coefficient (Wildman–Crippen LogP) is 1.96. The van der Waals surface area contributed by atoms with Gasteiger partial charge >= 0.3 is 0 Å². The van der Waals surface area contributed by atoms with Gasteiger partial charge in [-0.1, -0.05) is 19.9 Å². The van der Waals surface area contributed by atoms with Gasteiger partial charge in [0.05, 0.1) is 32.2 Å². The highest BCUT2D eigenvalue weighted by Crippen LogP contribution is 2.28. The molecule has 1 saturated heterocycles. The predicted molar refractivity (Wildman–Crippen MR) is 147 cm³/mol. The van der Waals surface area contributed by atoms with Crippen molar-refractivity contribution in [1.82, 2.24) is 29.1 Å². The molecule has 2 aromatic heterocycles. The lowest BCUT2D eigenvalue weighted by molar-refractivity contribution is -0.121. The average molecular weight is 558 g/mol. The van der Waals surface area contributed by atoms with Crippen molar-refractivity contribution in [2.75, 3.05) is 45.0 Å². The molecular formula is C26H35N7O5S. The minimum absolute atomic E-state index is 0.0841. The minimum Gasteiger partial charge on any atom is -0.493 e. The maximum absolute atomic E-state index is 13.1. The lowest BCUT2D eigenvalue weighted by atomic mass is 10.1. The molecule has 4 rings (SSSR count). The first-order valence-corrected chi connectivity index (χ1v) is 14.5. The second-order valence-corrected chi connectivity index (χ2v) is 11.7. The maximum Gasteiger partial charge on any atom is 0.237 e. The minimum atomic E-state index is -3.43. The Kier molecular flexibility index (Phi) is 8.70. The Morgan fingerprint density at radius 1 is 1.13 bits per heavy atom. The number of nitrogens with zero attached hydrogens (tertiary/aromatic N) is 6. The summed E-state index contributed by atoms with van der Waals surface area (Å²) >= 11 is 0. The zero-order chi connectivity index (χ0) is 28.2. The Morgan fingerprint density at radius 2 is 1.90 bits per heavy atom. The highest BCUT2D eigenvalue weighted by atomic mass is 32.2. The summed E-state index contributed by atoms with van der Waals surface area (Å²) in [6.45, 7) is 5.24. The summed E-state index contributed by atoms with van der Waals surface area (Å²) in [6, 6.07) is 6.93. The van der Waals surface area contributed by atoms with Crippen LogP contribution in [0.15, 0.2) is 43.0 Å². The van der Waals surface area contributed by atoms with Gasteiger partial charge in [0.2, 0.25) is 21.9 Å². The zero-order valence-electron chi connectivity index (χ0n) is 22.9. The van der Waals surface area contributed by atoms with Crippen molar-refractivity contribution in [3.8, 4) is 17.4 Å². The first-order valence-electron chi connectivity index (χ1n) is 12.7. The molecular weight excluding hydrogens is 522 g/mol. The van der Waals surface area contributed by atoms with Crippen LogP contribution in [0.25, 0.3) is 5.95 Å². The fraction of sp³-hybridized carbons (Fsp3) is 0.462. The molecule has 3 aromatic rings. The number of hydrogen-bond donors (Lipinski definition) is 1. The number of aromatic nitrogens is 4. The Bertz CT molecular complexity index is 1400. The van der Waals surface area contributed by atoms with E-state index in [0.29, 0.717) is 36.4 Å². The van der Waals surface area contributed by atoms with Crippen molar-refractivity contribution < 1.29 is 22.7 Å². The first-order chi connectivity index (χ1) is 18.6. The van der Waals surface area contributed by atoms with Crippen LogP contribution < -0.4 is 19.7 Å². The molecule has 1 unspecified atom stereocenters. The van der Waals surface area contributed by atoms with E-state index in [0.717, 1.165) is 11.3 Å². The van der Waals surface area contributed by atoms with E-state index < -0.39 is 16.1 Å². The average Bonchev–Trinajstić information content (AvgIpc) is 3.46. The molecule has 1 aromatic carbocycles. The third-order valence-electron chi connectivity index (χ3n) is 6.61. The number of nitrogens with one attached hydrogen (secondary N) is 1. The smallest absolute Gasteiger partial charge is 0.237 e. The molecule has 1 aliphatic heterocycles. The fourth-order valence-electron chi connectivity index (χ4n) is 4.46. The number of sulfonamides is 1. The summed E-state index contributed by atoms with van der Waals surface area (Å²) in [5, 5.41) is 2.95. The van der Waals surface area contributed by atoms with Crippen LogP contribution >= 0.6 is 0 Å². The molecule has 1 N–H and O–H groups in total. The summed E-state index contributed by atoms with van der Waals surface area (Å²) in [7, 11) is -0.309. The van der Waals surface area contributed by atoms with Gasteiger partial charge in [-0.15, -0.1) is 0 Å². The van der Waals surface area contributed by atoms with Gasteiger partial charge in [-0.25, -0.2) is 18.4 Å². The molecule has 0 bridgehead atoms. The van der Waals surface area contributed by atoms with Crippen LogP contribution in [0.3, 0.4) is 0 Å². The van der Waals surface area contributed by atoms with Gasteiger partial charge < -0.3 is 19.7 Å². The van der Waals surface area contributed by atoms with E-state index in [4.69, 9.17) is 14.5 Å². The highest BCUT2D eigenvalue weighted by molar-refractivity contribution is 7.88. The van der Waals surface area contributed by atoms with Crippen molar-refractivity contribution in [1.29, 1.82) is 0 Å². The van der Waals surface area contributed by atoms with Crippen molar-refractivity contribution in [2.45, 2.75) is 38.8 Å². The van der Waals surface area contributed by atoms with E-state index in [2.05, 4.69) is 15.3 Å². The number of ether oxygens (including phenoxy) is 2. The molecule has 0 aliphatic carbocycles. The van der Waals surface area contributed by atoms with Crippen LogP contribution in [0.5, 0.6) is 11.5 Å². The lowest BCUT2D eigenvalue weighted by Crippen LogP contribution is -2.56. The van der Waals surface area contributed by atoms with Crippen LogP contribution in [0.2, 0.25) is 0 Å². The number of carbonyl (C=O) groups excluding carboxylic acids is 1. The molecule has 0 radical (unpaired) electrons. The molecule has 0 saturated carbocycles. The molecule has 39 heavy (non-hydrogen) atoms. The summed E-state index contributed by atoms with van der Waals surface area (Å²) in [5.41, 5.74) is 1.69. The van der Waals surface area contributed by atoms with Gasteiger partial charge in [0.25, 0.3) is 0 Å². The van der Waals surface area contributed by atoms with Crippen molar-refractivity contribution in [3.63, 3.8) is 0 Å². The van der Waals surface area contributed by atoms with E-state index in [1.54, 1.807) is 43.6 Å². The van der Waals surface area contributed by atoms with Crippen LogP contribution in [-0.4, -0.2) is 84.3 Å². The summed E-state index contributed by atoms with van der Waals surface area (Å²) in [6.07, 6.45) is 6.33. The number of amides is 1. The summed E-state index contributed by atoms with van der Waals surface area (Å²) in [5.74, 6) is 2.22. The number of hydrogen-bond acceptors (Lipinski definition) is 9. The Balaban J connectivity index is 1.57. The van der Waals surface area contributed by atoms with E-state index in [-0.39, 0.29) is 31.3 Å². The van der Waals surface area contributed by atoms with Crippen LogP contribution in [0.1, 0.15) is 37.4 Å². The molecule has 1 fully saturated rings. The SMILES string of the molecule is COc1ccc(CNC(=O)CC2CN(S(C)(=O)=O)CCN2c2cc(C(C)C)nc(-n3ccnc3)n2)cc1OC. The standard InChI is InChI=1S/C26H35N7O5S/c1-18(2)21-14-24(30-26(29-21)31-9-8-27-17-31)33-11-10-32(39(5,35)36)16-20(33)13-25(34)28-15-19-6-7-22(37-3)23(12-19)38-4/h6-9,12,14,17-18,20H,10-11,13,15-16H2,1-5H3,(H,28,34). The number of benzene rings is 1. The Hall–Kier alpha value is -3.71. The van der Waals surface area contributed by atoms with Crippen LogP contribution in [-0.2, 0) is 21.4 Å². The second kappa shape index (κ2) is 12.0. The maximum atomic E-state index is 13.1. The van der Waals surface area contributed by atoms with Gasteiger partial charge in [-0.05, 0) is 23.6 Å². The number of carbonyl (C=O) groups is 1. The van der Waals surface area contributed by atoms with E-state index in [9.17, 15) is 13.2 Å². The van der Waals surface area contributed by atoms with Gasteiger partial charge in [-0.2, -0.15) is 9.29 Å². The number of rotatable bonds is 10. The van der Waals surface area contributed by atoms with E-state index in [1.165, 1.54) is 10.6 Å². The van der Waals surface area contributed by atoms with Crippen molar-refractivity contribution >= 4 is 21.7 Å². The lowest BCUT2D eigenvalue weighted by Gasteiger charge is -2.41. The molecule has 1 atom stereocenters. The van der Waals surface area contributed by atoms with Crippen molar-refractivity contribution in [3.05, 3.63) is 54.2 Å². The van der Waals surface area contributed by atoms with Gasteiger partial charge in [0, 0.05) is 51.1 Å². The number of piperazine rings is 1. The summed E-state index contributed by atoms with van der Waals surface area (Å²) in [4.78, 5) is 28.7. The molecule has 13 heteroatoms. The normalized spacial score (nSPS) is 16.4. The number of anilines is 1. The fourth-order valence-corrected chi connectivity index (χ4v) is 5.31. The number of imidazole rings is 1. The highest BCUT2D eigenvalue weighted by Gasteiger charge is 2.34. The van der Waals surface area contributed by atoms with Crippen LogP contribution in [0, 0.1) is 0 Å². The zero-order valence-corrected chi connectivity index (χ0v) is 23.7. The number of methoxy groups -OCH3 is 2. The molecule has 3 heterocycles. The quantitative estimate of drug-likeness (QED) is 0.397. The molecule has 1 aliphatic rings. The monoisotopic (exact) mass is 557 g/mol. The van der Waals surface area contributed by atoms with Gasteiger partial charge in [0.15, 0.2) is 11.5 Å². The van der Waals surface area contributed by atoms with Gasteiger partial charge in [-0.3, -0.25) is 9.36 Å². The molecule has 12 nitrogen and oxygen atoms in total. The molecule has 210 valence electrons. The third kappa shape index (κ3) is 6.84. The molecule has 1 amide bonds. The Labute approximate surface area is 229 Å². The summed E-state index contributed by atoms with van der Waals surface area (Å²) < 4.78 is 38.5. The third-order valence-corrected chi connectivity index (χ3v) is 7.88. The van der Waals surface area contributed by atoms with Crippen molar-refractivity contribution in [2.24, 2.45) is 0 Å². The van der Waals surface area contributed by atoms with E-state index >= 15 is 0 Å².